The van der Waals surface area contributed by atoms with Crippen LogP contribution in [0.15, 0.2) is 40.2 Å². The van der Waals surface area contributed by atoms with E-state index >= 15 is 0 Å². The predicted octanol–water partition coefficient (Wildman–Crippen LogP) is 0.764. The molecule has 1 unspecified atom stereocenters. The lowest BCUT2D eigenvalue weighted by Gasteiger charge is -2.11. The molecule has 0 aliphatic carbocycles. The number of nitrogens with two attached hydrogens (primary N) is 2. The average molecular weight is 301 g/mol. The summed E-state index contributed by atoms with van der Waals surface area (Å²) in [6, 6.07) is -0.830. The number of aliphatic imine (C=N–C) groups is 2. The first kappa shape index (κ1) is 15.7. The molecule has 7 heteroatoms. The Morgan fingerprint density at radius 2 is 2.27 bits per heavy atom. The van der Waals surface area contributed by atoms with Gasteiger partial charge in [0, 0.05) is 24.5 Å². The molecule has 0 saturated carbocycles. The van der Waals surface area contributed by atoms with Gasteiger partial charge in [-0.15, -0.1) is 0 Å². The third-order valence-corrected chi connectivity index (χ3v) is 3.15. The van der Waals surface area contributed by atoms with Gasteiger partial charge < -0.3 is 11.5 Å². The lowest BCUT2D eigenvalue weighted by Crippen LogP contribution is -2.34. The number of pyridine rings is 1. The van der Waals surface area contributed by atoms with Crippen molar-refractivity contribution in [3.63, 3.8) is 0 Å². The molecule has 1 aromatic heterocycles. The molecular weight excluding hydrogens is 285 g/mol. The van der Waals surface area contributed by atoms with Crippen molar-refractivity contribution >= 4 is 23.9 Å². The summed E-state index contributed by atoms with van der Waals surface area (Å²) in [5.41, 5.74) is 12.7. The van der Waals surface area contributed by atoms with Gasteiger partial charge in [-0.1, -0.05) is 0 Å². The average Bonchev–Trinajstić information content (AvgIpc) is 2.50. The molecule has 6 nitrogen and oxygen atoms in total. The standard InChI is InChI=1S/C15H16FN5O/c1-9-10(7-19-8-11(9)16)5-13-12(3-2-4-20-13)21-14(6-17)15(18)22/h2-5,7-8,14H,6,17H2,1H3,(H2,18,22)/b13-5-,21-12?. The number of dihydropyridines is 1. The zero-order valence-corrected chi connectivity index (χ0v) is 12.0. The lowest BCUT2D eigenvalue weighted by molar-refractivity contribution is -0.118. The number of hydrogen-bond acceptors (Lipinski definition) is 5. The Labute approximate surface area is 127 Å². The van der Waals surface area contributed by atoms with E-state index in [1.54, 1.807) is 31.4 Å². The summed E-state index contributed by atoms with van der Waals surface area (Å²) >= 11 is 0. The van der Waals surface area contributed by atoms with Crippen LogP contribution in [0.4, 0.5) is 4.39 Å². The zero-order valence-electron chi connectivity index (χ0n) is 12.0. The van der Waals surface area contributed by atoms with Crippen LogP contribution >= 0.6 is 0 Å². The topological polar surface area (TPSA) is 107 Å². The molecule has 0 aromatic carbocycles. The van der Waals surface area contributed by atoms with Crippen LogP contribution in [0.3, 0.4) is 0 Å². The van der Waals surface area contributed by atoms with E-state index in [-0.39, 0.29) is 6.54 Å². The van der Waals surface area contributed by atoms with Gasteiger partial charge in [-0.2, -0.15) is 0 Å². The molecule has 2 heterocycles. The second kappa shape index (κ2) is 6.86. The second-order valence-electron chi connectivity index (χ2n) is 4.67. The number of rotatable bonds is 4. The number of halogens is 1. The molecule has 0 saturated heterocycles. The van der Waals surface area contributed by atoms with Crippen molar-refractivity contribution in [2.45, 2.75) is 13.0 Å². The third kappa shape index (κ3) is 3.50. The summed E-state index contributed by atoms with van der Waals surface area (Å²) in [5, 5.41) is 0. The number of aromatic nitrogens is 1. The number of amides is 1. The van der Waals surface area contributed by atoms with E-state index in [0.717, 1.165) is 6.20 Å². The maximum atomic E-state index is 13.5. The van der Waals surface area contributed by atoms with Gasteiger partial charge in [0.15, 0.2) is 0 Å². The van der Waals surface area contributed by atoms with Crippen molar-refractivity contribution in [3.05, 3.63) is 47.2 Å². The highest BCUT2D eigenvalue weighted by molar-refractivity contribution is 6.15. The third-order valence-electron chi connectivity index (χ3n) is 3.15. The van der Waals surface area contributed by atoms with Crippen LogP contribution in [-0.2, 0) is 4.79 Å². The van der Waals surface area contributed by atoms with E-state index in [1.807, 2.05) is 0 Å². The first-order valence-corrected chi connectivity index (χ1v) is 6.63. The Balaban J connectivity index is 2.43. The quantitative estimate of drug-likeness (QED) is 0.857. The number of carbonyl (C=O) groups is 1. The Hall–Kier alpha value is -2.67. The first-order valence-electron chi connectivity index (χ1n) is 6.63. The van der Waals surface area contributed by atoms with Crippen LogP contribution in [0, 0.1) is 12.7 Å². The van der Waals surface area contributed by atoms with Crippen molar-refractivity contribution in [2.75, 3.05) is 6.54 Å². The number of hydrogen-bond donors (Lipinski definition) is 2. The Morgan fingerprint density at radius 1 is 1.50 bits per heavy atom. The summed E-state index contributed by atoms with van der Waals surface area (Å²) in [7, 11) is 0. The van der Waals surface area contributed by atoms with Gasteiger partial charge in [-0.25, -0.2) is 4.39 Å². The van der Waals surface area contributed by atoms with E-state index in [9.17, 15) is 9.18 Å². The maximum absolute atomic E-state index is 13.5. The molecule has 0 radical (unpaired) electrons. The van der Waals surface area contributed by atoms with Crippen LogP contribution in [0.1, 0.15) is 11.1 Å². The summed E-state index contributed by atoms with van der Waals surface area (Å²) in [4.78, 5) is 23.5. The summed E-state index contributed by atoms with van der Waals surface area (Å²) in [6.07, 6.45) is 9.28. The minimum absolute atomic E-state index is 0.00418. The van der Waals surface area contributed by atoms with Crippen molar-refractivity contribution in [2.24, 2.45) is 21.5 Å². The Morgan fingerprint density at radius 3 is 2.95 bits per heavy atom. The van der Waals surface area contributed by atoms with Crippen molar-refractivity contribution in [1.82, 2.24) is 4.98 Å². The minimum Gasteiger partial charge on any atom is -0.368 e. The monoisotopic (exact) mass is 301 g/mol. The molecule has 1 amide bonds. The van der Waals surface area contributed by atoms with Crippen LogP contribution in [0.2, 0.25) is 0 Å². The van der Waals surface area contributed by atoms with Gasteiger partial charge in [0.1, 0.15) is 11.9 Å². The summed E-state index contributed by atoms with van der Waals surface area (Å²) < 4.78 is 13.5. The highest BCUT2D eigenvalue weighted by atomic mass is 19.1. The van der Waals surface area contributed by atoms with Gasteiger partial charge in [0.05, 0.1) is 17.6 Å². The first-order chi connectivity index (χ1) is 10.5. The number of carbonyl (C=O) groups excluding carboxylic acids is 1. The molecule has 22 heavy (non-hydrogen) atoms. The molecule has 1 aromatic rings. The second-order valence-corrected chi connectivity index (χ2v) is 4.67. The van der Waals surface area contributed by atoms with Crippen LogP contribution in [0.5, 0.6) is 0 Å². The van der Waals surface area contributed by atoms with Crippen molar-refractivity contribution in [1.29, 1.82) is 0 Å². The van der Waals surface area contributed by atoms with Crippen LogP contribution in [-0.4, -0.2) is 35.4 Å². The molecule has 1 aliphatic heterocycles. The van der Waals surface area contributed by atoms with Gasteiger partial charge in [0.2, 0.25) is 5.91 Å². The molecule has 2 rings (SSSR count). The van der Waals surface area contributed by atoms with Gasteiger partial charge in [-0.3, -0.25) is 19.8 Å². The van der Waals surface area contributed by atoms with Gasteiger partial charge in [0.25, 0.3) is 0 Å². The fourth-order valence-electron chi connectivity index (χ4n) is 1.84. The molecule has 4 N–H and O–H groups in total. The Bertz CT molecular complexity index is 706. The molecule has 1 atom stereocenters. The molecule has 0 fully saturated rings. The summed E-state index contributed by atoms with van der Waals surface area (Å²) in [6.45, 7) is 1.65. The normalized spacial score (nSPS) is 18.9. The van der Waals surface area contributed by atoms with Gasteiger partial charge in [-0.05, 0) is 30.7 Å². The van der Waals surface area contributed by atoms with E-state index in [0.29, 0.717) is 22.5 Å². The maximum Gasteiger partial charge on any atom is 0.243 e. The largest absolute Gasteiger partial charge is 0.368 e. The van der Waals surface area contributed by atoms with Crippen molar-refractivity contribution in [3.8, 4) is 0 Å². The van der Waals surface area contributed by atoms with Crippen LogP contribution in [0.25, 0.3) is 6.08 Å². The predicted molar refractivity (Wildman–Crippen MR) is 84.0 cm³/mol. The van der Waals surface area contributed by atoms with E-state index in [4.69, 9.17) is 11.5 Å². The van der Waals surface area contributed by atoms with E-state index in [1.165, 1.54) is 6.20 Å². The lowest BCUT2D eigenvalue weighted by atomic mass is 10.1. The summed E-state index contributed by atoms with van der Waals surface area (Å²) in [5.74, 6) is -1.01. The van der Waals surface area contributed by atoms with E-state index < -0.39 is 17.8 Å². The fourth-order valence-corrected chi connectivity index (χ4v) is 1.84. The Kier molecular flexibility index (Phi) is 4.90. The van der Waals surface area contributed by atoms with E-state index in [2.05, 4.69) is 15.0 Å². The number of nitrogens with zero attached hydrogens (tertiary/aromatic N) is 3. The van der Waals surface area contributed by atoms with Crippen molar-refractivity contribution < 1.29 is 9.18 Å². The molecule has 114 valence electrons. The minimum atomic E-state index is -0.830. The number of allylic oxidation sites excluding steroid dienone is 2. The molecule has 0 bridgehead atoms. The zero-order chi connectivity index (χ0) is 16.1. The molecular formula is C15H16FN5O. The molecule has 1 aliphatic rings. The SMILES string of the molecule is Cc1c(F)cncc1/C=C1\N=CC=CC1=NC(CN)C(N)=O. The highest BCUT2D eigenvalue weighted by Crippen LogP contribution is 2.17. The fraction of sp³-hybridized carbons (Fsp3) is 0.200. The smallest absolute Gasteiger partial charge is 0.243 e. The number of primary amides is 1. The van der Waals surface area contributed by atoms with Crippen LogP contribution < -0.4 is 11.5 Å². The molecule has 0 spiro atoms. The highest BCUT2D eigenvalue weighted by Gasteiger charge is 2.15. The van der Waals surface area contributed by atoms with Gasteiger partial charge >= 0.3 is 0 Å².